The van der Waals surface area contributed by atoms with Gasteiger partial charge in [-0.15, -0.1) is 0 Å². The van der Waals surface area contributed by atoms with Crippen molar-refractivity contribution in [2.45, 2.75) is 12.8 Å². The van der Waals surface area contributed by atoms with Crippen molar-refractivity contribution < 1.29 is 19.4 Å². The highest BCUT2D eigenvalue weighted by Gasteiger charge is 2.15. The highest BCUT2D eigenvalue weighted by Crippen LogP contribution is 2.19. The fraction of sp³-hybridized carbons (Fsp3) is 0.429. The molecular formula is C14H19NO4. The van der Waals surface area contributed by atoms with Gasteiger partial charge in [0.15, 0.2) is 0 Å². The number of methoxy groups -OCH3 is 1. The molecule has 19 heavy (non-hydrogen) atoms. The summed E-state index contributed by atoms with van der Waals surface area (Å²) in [7, 11) is 3.32. The van der Waals surface area contributed by atoms with E-state index in [2.05, 4.69) is 0 Å². The van der Waals surface area contributed by atoms with Crippen molar-refractivity contribution in [1.82, 2.24) is 4.90 Å². The third-order valence-electron chi connectivity index (χ3n) is 2.83. The van der Waals surface area contributed by atoms with Crippen LogP contribution in [0.3, 0.4) is 0 Å². The Morgan fingerprint density at radius 2 is 2.16 bits per heavy atom. The molecule has 0 saturated heterocycles. The second kappa shape index (κ2) is 7.53. The SMILES string of the molecule is COCCCCN(C)C(=O)c1ccc(C=O)cc1O. The number of phenols is 1. The molecule has 1 aromatic carbocycles. The van der Waals surface area contributed by atoms with Crippen molar-refractivity contribution in [3.05, 3.63) is 29.3 Å². The summed E-state index contributed by atoms with van der Waals surface area (Å²) in [5, 5.41) is 9.73. The first-order valence-electron chi connectivity index (χ1n) is 6.12. The van der Waals surface area contributed by atoms with Gasteiger partial charge in [0.25, 0.3) is 5.91 Å². The number of hydrogen-bond acceptors (Lipinski definition) is 4. The lowest BCUT2D eigenvalue weighted by Gasteiger charge is -2.17. The number of unbranched alkanes of at least 4 members (excludes halogenated alkanes) is 1. The second-order valence-electron chi connectivity index (χ2n) is 4.32. The number of nitrogens with zero attached hydrogens (tertiary/aromatic N) is 1. The van der Waals surface area contributed by atoms with Crippen LogP contribution < -0.4 is 0 Å². The number of benzene rings is 1. The van der Waals surface area contributed by atoms with Gasteiger partial charge in [0.1, 0.15) is 12.0 Å². The van der Waals surface area contributed by atoms with Gasteiger partial charge < -0.3 is 14.7 Å². The van der Waals surface area contributed by atoms with Gasteiger partial charge in [-0.2, -0.15) is 0 Å². The Bertz CT molecular complexity index is 445. The molecule has 0 aromatic heterocycles. The van der Waals surface area contributed by atoms with Crippen molar-refractivity contribution in [1.29, 1.82) is 0 Å². The molecule has 1 aromatic rings. The molecule has 1 rings (SSSR count). The largest absolute Gasteiger partial charge is 0.507 e. The van der Waals surface area contributed by atoms with Crippen LogP contribution in [0.15, 0.2) is 18.2 Å². The van der Waals surface area contributed by atoms with Crippen LogP contribution in [0.5, 0.6) is 5.75 Å². The minimum atomic E-state index is -0.257. The average Bonchev–Trinajstić information content (AvgIpc) is 2.42. The molecule has 0 aliphatic rings. The topological polar surface area (TPSA) is 66.8 Å². The van der Waals surface area contributed by atoms with Gasteiger partial charge in [0.05, 0.1) is 5.56 Å². The Balaban J connectivity index is 2.63. The zero-order chi connectivity index (χ0) is 14.3. The number of phenolic OH excluding ortho intramolecular Hbond substituents is 1. The van der Waals surface area contributed by atoms with Crippen molar-refractivity contribution in [3.63, 3.8) is 0 Å². The second-order valence-corrected chi connectivity index (χ2v) is 4.32. The maximum Gasteiger partial charge on any atom is 0.257 e. The summed E-state index contributed by atoms with van der Waals surface area (Å²) in [6, 6.07) is 4.27. The maximum absolute atomic E-state index is 12.1. The summed E-state index contributed by atoms with van der Waals surface area (Å²) >= 11 is 0. The lowest BCUT2D eigenvalue weighted by atomic mass is 10.1. The van der Waals surface area contributed by atoms with E-state index in [-0.39, 0.29) is 17.2 Å². The summed E-state index contributed by atoms with van der Waals surface area (Å²) in [4.78, 5) is 24.2. The third kappa shape index (κ3) is 4.37. The molecular weight excluding hydrogens is 246 g/mol. The predicted molar refractivity (Wildman–Crippen MR) is 71.6 cm³/mol. The number of carbonyl (C=O) groups excluding carboxylic acids is 2. The number of amides is 1. The fourth-order valence-electron chi connectivity index (χ4n) is 1.71. The van der Waals surface area contributed by atoms with Crippen LogP contribution in [0.25, 0.3) is 0 Å². The minimum Gasteiger partial charge on any atom is -0.507 e. The zero-order valence-corrected chi connectivity index (χ0v) is 11.3. The number of aldehydes is 1. The normalized spacial score (nSPS) is 10.2. The van der Waals surface area contributed by atoms with Crippen molar-refractivity contribution in [2.24, 2.45) is 0 Å². The fourth-order valence-corrected chi connectivity index (χ4v) is 1.71. The molecule has 0 spiro atoms. The van der Waals surface area contributed by atoms with Crippen LogP contribution in [0.1, 0.15) is 33.6 Å². The van der Waals surface area contributed by atoms with E-state index >= 15 is 0 Å². The van der Waals surface area contributed by atoms with E-state index in [0.29, 0.717) is 25.0 Å². The summed E-state index contributed by atoms with van der Waals surface area (Å²) < 4.78 is 4.94. The molecule has 0 fully saturated rings. The number of carbonyl (C=O) groups is 2. The maximum atomic E-state index is 12.1. The molecule has 0 saturated carbocycles. The Morgan fingerprint density at radius 3 is 2.74 bits per heavy atom. The van der Waals surface area contributed by atoms with Crippen molar-refractivity contribution >= 4 is 12.2 Å². The van der Waals surface area contributed by atoms with E-state index in [1.807, 2.05) is 0 Å². The number of hydrogen-bond donors (Lipinski definition) is 1. The van der Waals surface area contributed by atoms with Crippen LogP contribution in [0.4, 0.5) is 0 Å². The lowest BCUT2D eigenvalue weighted by molar-refractivity contribution is 0.0785. The van der Waals surface area contributed by atoms with Gasteiger partial charge in [0.2, 0.25) is 0 Å². The molecule has 0 aliphatic carbocycles. The molecule has 0 atom stereocenters. The van der Waals surface area contributed by atoms with E-state index in [9.17, 15) is 14.7 Å². The Morgan fingerprint density at radius 1 is 1.42 bits per heavy atom. The van der Waals surface area contributed by atoms with E-state index < -0.39 is 0 Å². The molecule has 1 amide bonds. The van der Waals surface area contributed by atoms with Crippen LogP contribution >= 0.6 is 0 Å². The molecule has 0 unspecified atom stereocenters. The minimum absolute atomic E-state index is 0.168. The molecule has 104 valence electrons. The first-order chi connectivity index (χ1) is 9.10. The summed E-state index contributed by atoms with van der Waals surface area (Å²) in [6.45, 7) is 1.26. The molecule has 0 bridgehead atoms. The summed E-state index contributed by atoms with van der Waals surface area (Å²) in [5.74, 6) is -0.425. The smallest absolute Gasteiger partial charge is 0.257 e. The third-order valence-corrected chi connectivity index (χ3v) is 2.83. The molecule has 5 nitrogen and oxygen atoms in total. The van der Waals surface area contributed by atoms with Crippen molar-refractivity contribution in [3.8, 4) is 5.75 Å². The average molecular weight is 265 g/mol. The van der Waals surface area contributed by atoms with Crippen LogP contribution in [-0.2, 0) is 4.74 Å². The van der Waals surface area contributed by atoms with Gasteiger partial charge in [-0.05, 0) is 25.0 Å². The molecule has 0 aliphatic heterocycles. The van der Waals surface area contributed by atoms with E-state index in [0.717, 1.165) is 12.8 Å². The molecule has 5 heteroatoms. The van der Waals surface area contributed by atoms with Gasteiger partial charge in [0, 0.05) is 32.9 Å². The predicted octanol–water partition coefficient (Wildman–Crippen LogP) is 1.70. The lowest BCUT2D eigenvalue weighted by Crippen LogP contribution is -2.28. The first-order valence-corrected chi connectivity index (χ1v) is 6.12. The Hall–Kier alpha value is -1.88. The van der Waals surface area contributed by atoms with Gasteiger partial charge in [-0.3, -0.25) is 9.59 Å². The molecule has 0 heterocycles. The first kappa shape index (κ1) is 15.2. The number of rotatable bonds is 7. The quantitative estimate of drug-likeness (QED) is 0.602. The molecule has 0 radical (unpaired) electrons. The van der Waals surface area contributed by atoms with Crippen LogP contribution in [0.2, 0.25) is 0 Å². The van der Waals surface area contributed by atoms with Crippen LogP contribution in [0, 0.1) is 0 Å². The van der Waals surface area contributed by atoms with Gasteiger partial charge >= 0.3 is 0 Å². The van der Waals surface area contributed by atoms with E-state index in [1.165, 1.54) is 18.2 Å². The Kier molecular flexibility index (Phi) is 6.02. The zero-order valence-electron chi connectivity index (χ0n) is 11.3. The highest BCUT2D eigenvalue weighted by molar-refractivity contribution is 5.97. The van der Waals surface area contributed by atoms with Crippen LogP contribution in [-0.4, -0.2) is 49.5 Å². The summed E-state index contributed by atoms with van der Waals surface area (Å²) in [5.41, 5.74) is 0.552. The van der Waals surface area contributed by atoms with Crippen molar-refractivity contribution in [2.75, 3.05) is 27.3 Å². The molecule has 1 N–H and O–H groups in total. The highest BCUT2D eigenvalue weighted by atomic mass is 16.5. The van der Waals surface area contributed by atoms with E-state index in [4.69, 9.17) is 4.74 Å². The van der Waals surface area contributed by atoms with Gasteiger partial charge in [-0.25, -0.2) is 0 Å². The summed E-state index contributed by atoms with van der Waals surface area (Å²) in [6.07, 6.45) is 2.34. The monoisotopic (exact) mass is 265 g/mol. The van der Waals surface area contributed by atoms with E-state index in [1.54, 1.807) is 19.1 Å². The standard InChI is InChI=1S/C14H19NO4/c1-15(7-3-4-8-19-2)14(18)12-6-5-11(10-16)9-13(12)17/h5-6,9-10,17H,3-4,7-8H2,1-2H3. The Labute approximate surface area is 112 Å². The van der Waals surface area contributed by atoms with Gasteiger partial charge in [-0.1, -0.05) is 6.07 Å². The number of aromatic hydroxyl groups is 1. The number of ether oxygens (including phenoxy) is 1.